The molecular weight excluding hydrogens is 565 g/mol. The summed E-state index contributed by atoms with van der Waals surface area (Å²) in [6.07, 6.45) is 1.62. The highest BCUT2D eigenvalue weighted by Gasteiger charge is 2.35. The van der Waals surface area contributed by atoms with Crippen LogP contribution in [-0.2, 0) is 17.9 Å². The van der Waals surface area contributed by atoms with Crippen molar-refractivity contribution in [1.29, 1.82) is 0 Å². The highest BCUT2D eigenvalue weighted by molar-refractivity contribution is 9.10. The summed E-state index contributed by atoms with van der Waals surface area (Å²) in [6, 6.07) is 23.5. The zero-order chi connectivity index (χ0) is 25.2. The van der Waals surface area contributed by atoms with E-state index >= 15 is 0 Å². The number of ether oxygens (including phenoxy) is 1. The Balaban J connectivity index is 1.38. The van der Waals surface area contributed by atoms with Crippen LogP contribution in [0.5, 0.6) is 5.75 Å². The number of carbonyl (C=O) groups excluding carboxylic acids is 2. The number of carbonyl (C=O) groups is 2. The molecule has 1 saturated heterocycles. The summed E-state index contributed by atoms with van der Waals surface area (Å²) >= 11 is 10.4. The minimum atomic E-state index is -0.462. The first kappa shape index (κ1) is 24.6. The molecule has 4 nitrogen and oxygen atoms in total. The molecule has 2 amide bonds. The number of rotatable bonds is 6. The first-order valence-electron chi connectivity index (χ1n) is 11.0. The maximum atomic E-state index is 14.2. The van der Waals surface area contributed by atoms with Crippen LogP contribution < -0.4 is 4.74 Å². The fraction of sp³-hybridized carbons (Fsp3) is 0.0714. The van der Waals surface area contributed by atoms with Gasteiger partial charge in [-0.3, -0.25) is 14.5 Å². The van der Waals surface area contributed by atoms with Gasteiger partial charge in [0.1, 0.15) is 18.2 Å². The zero-order valence-corrected chi connectivity index (χ0v) is 21.9. The fourth-order valence-corrected chi connectivity index (χ4v) is 5.31. The van der Waals surface area contributed by atoms with Crippen molar-refractivity contribution in [1.82, 2.24) is 4.90 Å². The van der Waals surface area contributed by atoms with Crippen LogP contribution in [0.25, 0.3) is 16.8 Å². The van der Waals surface area contributed by atoms with Crippen molar-refractivity contribution in [2.24, 2.45) is 0 Å². The summed E-state index contributed by atoms with van der Waals surface area (Å²) in [5.74, 6) is -0.406. The molecule has 0 radical (unpaired) electrons. The summed E-state index contributed by atoms with van der Waals surface area (Å²) in [5, 5.41) is 2.07. The largest absolute Gasteiger partial charge is 0.488 e. The first-order chi connectivity index (χ1) is 17.4. The van der Waals surface area contributed by atoms with Crippen LogP contribution in [0.4, 0.5) is 9.18 Å². The number of thioether (sulfide) groups is 1. The molecule has 1 aliphatic rings. The van der Waals surface area contributed by atoms with E-state index in [1.54, 1.807) is 30.3 Å². The van der Waals surface area contributed by atoms with Crippen LogP contribution in [0.2, 0.25) is 5.02 Å². The van der Waals surface area contributed by atoms with Gasteiger partial charge in [0.2, 0.25) is 0 Å². The number of benzene rings is 4. The second kappa shape index (κ2) is 10.5. The third-order valence-electron chi connectivity index (χ3n) is 5.72. The minimum Gasteiger partial charge on any atom is -0.488 e. The summed E-state index contributed by atoms with van der Waals surface area (Å²) in [4.78, 5) is 27.4. The Hall–Kier alpha value is -3.13. The molecule has 0 aromatic heterocycles. The molecule has 4 aromatic rings. The first-order valence-corrected chi connectivity index (χ1v) is 13.0. The molecule has 180 valence electrons. The van der Waals surface area contributed by atoms with Crippen molar-refractivity contribution < 1.29 is 18.7 Å². The van der Waals surface area contributed by atoms with Crippen molar-refractivity contribution in [3.8, 4) is 5.75 Å². The van der Waals surface area contributed by atoms with E-state index in [2.05, 4.69) is 15.9 Å². The molecule has 1 heterocycles. The monoisotopic (exact) mass is 581 g/mol. The van der Waals surface area contributed by atoms with E-state index in [1.807, 2.05) is 42.5 Å². The van der Waals surface area contributed by atoms with Gasteiger partial charge < -0.3 is 4.74 Å². The molecule has 0 aliphatic carbocycles. The lowest BCUT2D eigenvalue weighted by molar-refractivity contribution is -0.123. The Kier molecular flexibility index (Phi) is 7.14. The number of fused-ring (bicyclic) bond motifs is 1. The van der Waals surface area contributed by atoms with Crippen LogP contribution in [0.15, 0.2) is 88.2 Å². The molecule has 0 spiro atoms. The number of amides is 2. The fourth-order valence-electron chi connectivity index (χ4n) is 3.88. The highest BCUT2D eigenvalue weighted by atomic mass is 79.9. The zero-order valence-electron chi connectivity index (χ0n) is 18.7. The van der Waals surface area contributed by atoms with Gasteiger partial charge in [0.05, 0.1) is 16.5 Å². The summed E-state index contributed by atoms with van der Waals surface area (Å²) in [7, 11) is 0. The van der Waals surface area contributed by atoms with Crippen molar-refractivity contribution in [2.45, 2.75) is 13.2 Å². The Bertz CT molecular complexity index is 1520. The van der Waals surface area contributed by atoms with Crippen molar-refractivity contribution in [2.75, 3.05) is 0 Å². The van der Waals surface area contributed by atoms with Gasteiger partial charge in [0, 0.05) is 15.6 Å². The average molecular weight is 583 g/mol. The topological polar surface area (TPSA) is 46.6 Å². The van der Waals surface area contributed by atoms with E-state index in [9.17, 15) is 14.0 Å². The number of nitrogens with zero attached hydrogens (tertiary/aromatic N) is 1. The van der Waals surface area contributed by atoms with Gasteiger partial charge >= 0.3 is 0 Å². The van der Waals surface area contributed by atoms with E-state index < -0.39 is 5.82 Å². The third kappa shape index (κ3) is 5.19. The summed E-state index contributed by atoms with van der Waals surface area (Å²) in [6.45, 7) is 0.0951. The molecule has 36 heavy (non-hydrogen) atoms. The quantitative estimate of drug-likeness (QED) is 0.215. The normalized spacial score (nSPS) is 14.8. The molecule has 4 aromatic carbocycles. The Morgan fingerprint density at radius 3 is 2.58 bits per heavy atom. The molecule has 0 N–H and O–H groups in total. The lowest BCUT2D eigenvalue weighted by Gasteiger charge is -2.13. The molecule has 8 heteroatoms. The highest BCUT2D eigenvalue weighted by Crippen LogP contribution is 2.36. The summed E-state index contributed by atoms with van der Waals surface area (Å²) < 4.78 is 20.8. The number of hydrogen-bond acceptors (Lipinski definition) is 4. The van der Waals surface area contributed by atoms with Gasteiger partial charge in [-0.25, -0.2) is 4.39 Å². The SMILES string of the molecule is O=C1S/C(=C\c2cc(Br)ccc2OCc2c(F)cccc2Cl)C(=O)N1Cc1ccc2ccccc2c1. The van der Waals surface area contributed by atoms with Crippen LogP contribution >= 0.6 is 39.3 Å². The molecule has 1 aliphatic heterocycles. The van der Waals surface area contributed by atoms with Crippen LogP contribution in [-0.4, -0.2) is 16.0 Å². The predicted molar refractivity (Wildman–Crippen MR) is 145 cm³/mol. The van der Waals surface area contributed by atoms with Gasteiger partial charge in [0.25, 0.3) is 11.1 Å². The van der Waals surface area contributed by atoms with Gasteiger partial charge in [-0.15, -0.1) is 0 Å². The van der Waals surface area contributed by atoms with E-state index in [-0.39, 0.29) is 39.8 Å². The molecule has 5 rings (SSSR count). The lowest BCUT2D eigenvalue weighted by Crippen LogP contribution is -2.27. The van der Waals surface area contributed by atoms with E-state index in [1.165, 1.54) is 17.0 Å². The predicted octanol–water partition coefficient (Wildman–Crippen LogP) is 8.21. The van der Waals surface area contributed by atoms with Crippen molar-refractivity contribution in [3.63, 3.8) is 0 Å². The second-order valence-corrected chi connectivity index (χ2v) is 10.4. The van der Waals surface area contributed by atoms with Crippen LogP contribution in [0.1, 0.15) is 16.7 Å². The van der Waals surface area contributed by atoms with Gasteiger partial charge in [-0.1, -0.05) is 70.0 Å². The lowest BCUT2D eigenvalue weighted by atomic mass is 10.1. The molecule has 0 unspecified atom stereocenters. The molecule has 0 bridgehead atoms. The molecular formula is C28H18BrClFNO3S. The van der Waals surface area contributed by atoms with Gasteiger partial charge in [-0.05, 0) is 70.6 Å². The summed E-state index contributed by atoms with van der Waals surface area (Å²) in [5.41, 5.74) is 1.68. The average Bonchev–Trinajstić information content (AvgIpc) is 3.12. The van der Waals surface area contributed by atoms with E-state index in [4.69, 9.17) is 16.3 Å². The minimum absolute atomic E-state index is 0.0859. The standard InChI is InChI=1S/C28H18BrClFNO3S/c29-21-10-11-25(35-16-22-23(30)6-3-7-24(22)31)20(13-21)14-26-27(33)32(28(34)36-26)15-17-8-9-18-4-1-2-5-19(18)12-17/h1-14H,15-16H2/b26-14-. The van der Waals surface area contributed by atoms with Gasteiger partial charge in [0.15, 0.2) is 0 Å². The number of hydrogen-bond donors (Lipinski definition) is 0. The smallest absolute Gasteiger partial charge is 0.293 e. The van der Waals surface area contributed by atoms with Crippen molar-refractivity contribution >= 4 is 67.3 Å². The maximum absolute atomic E-state index is 14.2. The molecule has 0 saturated carbocycles. The van der Waals surface area contributed by atoms with Crippen LogP contribution in [0.3, 0.4) is 0 Å². The van der Waals surface area contributed by atoms with E-state index in [0.717, 1.165) is 32.6 Å². The Labute approximate surface area is 224 Å². The number of imide groups is 1. The Morgan fingerprint density at radius 2 is 1.78 bits per heavy atom. The molecule has 1 fully saturated rings. The molecule has 0 atom stereocenters. The third-order valence-corrected chi connectivity index (χ3v) is 7.48. The van der Waals surface area contributed by atoms with E-state index in [0.29, 0.717) is 11.3 Å². The van der Waals surface area contributed by atoms with Crippen LogP contribution in [0, 0.1) is 5.82 Å². The number of halogens is 3. The maximum Gasteiger partial charge on any atom is 0.293 e. The Morgan fingerprint density at radius 1 is 0.972 bits per heavy atom. The second-order valence-electron chi connectivity index (χ2n) is 8.12. The van der Waals surface area contributed by atoms with Gasteiger partial charge in [-0.2, -0.15) is 0 Å². The van der Waals surface area contributed by atoms with Crippen molar-refractivity contribution in [3.05, 3.63) is 116 Å².